The average molecular weight is 349 g/mol. The van der Waals surface area contributed by atoms with Crippen molar-refractivity contribution in [1.29, 1.82) is 0 Å². The van der Waals surface area contributed by atoms with Crippen molar-refractivity contribution in [2.75, 3.05) is 13.1 Å². The van der Waals surface area contributed by atoms with Crippen molar-refractivity contribution in [3.8, 4) is 0 Å². The Morgan fingerprint density at radius 3 is 2.88 bits per heavy atom. The summed E-state index contributed by atoms with van der Waals surface area (Å²) in [7, 11) is 0. The molecular weight excluding hydrogens is 328 g/mol. The van der Waals surface area contributed by atoms with Crippen LogP contribution in [0.3, 0.4) is 0 Å². The maximum atomic E-state index is 12.2. The normalized spacial score (nSPS) is 15.4. The quantitative estimate of drug-likeness (QED) is 0.899. The SMILES string of the molecule is Cc1ccc(C(=O)NCc2nc(CN3CCCCC3)no2)c(Cl)c1. The van der Waals surface area contributed by atoms with Crippen molar-refractivity contribution in [1.82, 2.24) is 20.4 Å². The number of carbonyl (C=O) groups is 1. The Morgan fingerprint density at radius 2 is 2.12 bits per heavy atom. The summed E-state index contributed by atoms with van der Waals surface area (Å²) >= 11 is 6.10. The first-order valence-corrected chi connectivity index (χ1v) is 8.58. The van der Waals surface area contributed by atoms with Gasteiger partial charge in [-0.25, -0.2) is 0 Å². The fourth-order valence-electron chi connectivity index (χ4n) is 2.80. The first kappa shape index (κ1) is 16.9. The van der Waals surface area contributed by atoms with Crippen molar-refractivity contribution in [2.45, 2.75) is 39.3 Å². The summed E-state index contributed by atoms with van der Waals surface area (Å²) in [6.45, 7) is 4.96. The van der Waals surface area contributed by atoms with E-state index < -0.39 is 0 Å². The largest absolute Gasteiger partial charge is 0.343 e. The van der Waals surface area contributed by atoms with E-state index in [0.717, 1.165) is 18.7 Å². The molecule has 0 bridgehead atoms. The Morgan fingerprint density at radius 1 is 1.33 bits per heavy atom. The van der Waals surface area contributed by atoms with Gasteiger partial charge in [0, 0.05) is 0 Å². The second kappa shape index (κ2) is 7.77. The van der Waals surface area contributed by atoms with Crippen LogP contribution in [-0.4, -0.2) is 34.0 Å². The number of carbonyl (C=O) groups excluding carboxylic acids is 1. The van der Waals surface area contributed by atoms with Gasteiger partial charge in [-0.05, 0) is 50.6 Å². The molecule has 1 aliphatic heterocycles. The van der Waals surface area contributed by atoms with E-state index in [1.54, 1.807) is 12.1 Å². The molecule has 1 fully saturated rings. The fourth-order valence-corrected chi connectivity index (χ4v) is 3.12. The van der Waals surface area contributed by atoms with Crippen LogP contribution in [0.2, 0.25) is 5.02 Å². The van der Waals surface area contributed by atoms with Gasteiger partial charge in [0.1, 0.15) is 0 Å². The lowest BCUT2D eigenvalue weighted by atomic mass is 10.1. The summed E-state index contributed by atoms with van der Waals surface area (Å²) in [5, 5.41) is 7.18. The molecule has 128 valence electrons. The third-order valence-corrected chi connectivity index (χ3v) is 4.41. The average Bonchev–Trinajstić information content (AvgIpc) is 3.01. The van der Waals surface area contributed by atoms with Crippen molar-refractivity contribution in [2.24, 2.45) is 0 Å². The van der Waals surface area contributed by atoms with E-state index in [-0.39, 0.29) is 12.5 Å². The molecule has 6 nitrogen and oxygen atoms in total. The molecule has 1 saturated heterocycles. The molecular formula is C17H21ClN4O2. The Labute approximate surface area is 146 Å². The second-order valence-corrected chi connectivity index (χ2v) is 6.51. The number of aryl methyl sites for hydroxylation is 1. The maximum absolute atomic E-state index is 12.2. The molecule has 24 heavy (non-hydrogen) atoms. The van der Waals surface area contributed by atoms with Gasteiger partial charge < -0.3 is 9.84 Å². The summed E-state index contributed by atoms with van der Waals surface area (Å²) in [4.78, 5) is 18.8. The molecule has 0 saturated carbocycles. The van der Waals surface area contributed by atoms with E-state index in [0.29, 0.717) is 28.8 Å². The Hall–Kier alpha value is -1.92. The van der Waals surface area contributed by atoms with Gasteiger partial charge in [-0.2, -0.15) is 4.98 Å². The first-order valence-electron chi connectivity index (χ1n) is 8.20. The number of aromatic nitrogens is 2. The van der Waals surface area contributed by atoms with Crippen molar-refractivity contribution < 1.29 is 9.32 Å². The minimum atomic E-state index is -0.254. The van der Waals surface area contributed by atoms with E-state index in [1.165, 1.54) is 19.3 Å². The molecule has 1 N–H and O–H groups in total. The van der Waals surface area contributed by atoms with Crippen LogP contribution in [-0.2, 0) is 13.1 Å². The molecule has 7 heteroatoms. The predicted molar refractivity (Wildman–Crippen MR) is 90.8 cm³/mol. The molecule has 0 spiro atoms. The fraction of sp³-hybridized carbons (Fsp3) is 0.471. The number of piperidine rings is 1. The van der Waals surface area contributed by atoms with E-state index in [4.69, 9.17) is 16.1 Å². The highest BCUT2D eigenvalue weighted by atomic mass is 35.5. The molecule has 2 aromatic rings. The van der Waals surface area contributed by atoms with Gasteiger partial charge in [-0.1, -0.05) is 29.2 Å². The van der Waals surface area contributed by atoms with Crippen LogP contribution < -0.4 is 5.32 Å². The van der Waals surface area contributed by atoms with Crippen LogP contribution in [0.1, 0.15) is 46.9 Å². The molecule has 0 unspecified atom stereocenters. The number of nitrogens with one attached hydrogen (secondary N) is 1. The predicted octanol–water partition coefficient (Wildman–Crippen LogP) is 2.95. The highest BCUT2D eigenvalue weighted by molar-refractivity contribution is 6.33. The smallest absolute Gasteiger partial charge is 0.253 e. The summed E-state index contributed by atoms with van der Waals surface area (Å²) < 4.78 is 5.21. The Kier molecular flexibility index (Phi) is 5.48. The lowest BCUT2D eigenvalue weighted by molar-refractivity contribution is 0.0946. The van der Waals surface area contributed by atoms with E-state index in [9.17, 15) is 4.79 Å². The van der Waals surface area contributed by atoms with Crippen molar-refractivity contribution >= 4 is 17.5 Å². The molecule has 1 aromatic heterocycles. The highest BCUT2D eigenvalue weighted by Gasteiger charge is 2.15. The molecule has 1 aliphatic rings. The van der Waals surface area contributed by atoms with Crippen LogP contribution in [0.15, 0.2) is 22.7 Å². The van der Waals surface area contributed by atoms with Crippen LogP contribution in [0.25, 0.3) is 0 Å². The Balaban J connectivity index is 1.54. The topological polar surface area (TPSA) is 71.3 Å². The molecule has 0 radical (unpaired) electrons. The third-order valence-electron chi connectivity index (χ3n) is 4.09. The third kappa shape index (κ3) is 4.33. The lowest BCUT2D eigenvalue weighted by Crippen LogP contribution is -2.29. The zero-order valence-electron chi connectivity index (χ0n) is 13.7. The minimum Gasteiger partial charge on any atom is -0.343 e. The van der Waals surface area contributed by atoms with E-state index >= 15 is 0 Å². The second-order valence-electron chi connectivity index (χ2n) is 6.11. The summed E-state index contributed by atoms with van der Waals surface area (Å²) in [5.74, 6) is 0.809. The number of likely N-dealkylation sites (tertiary alicyclic amines) is 1. The van der Waals surface area contributed by atoms with Crippen molar-refractivity contribution in [3.05, 3.63) is 46.1 Å². The molecule has 2 heterocycles. The number of rotatable bonds is 5. The number of hydrogen-bond donors (Lipinski definition) is 1. The molecule has 1 aromatic carbocycles. The number of amides is 1. The van der Waals surface area contributed by atoms with Gasteiger partial charge in [0.15, 0.2) is 5.82 Å². The summed E-state index contributed by atoms with van der Waals surface area (Å²) in [6.07, 6.45) is 3.73. The van der Waals surface area contributed by atoms with Gasteiger partial charge in [0.05, 0.1) is 23.7 Å². The van der Waals surface area contributed by atoms with Crippen LogP contribution in [0, 0.1) is 6.92 Å². The first-order chi connectivity index (χ1) is 11.6. The van der Waals surface area contributed by atoms with Gasteiger partial charge in [-0.3, -0.25) is 9.69 Å². The summed E-state index contributed by atoms with van der Waals surface area (Å²) in [6, 6.07) is 5.33. The van der Waals surface area contributed by atoms with Crippen LogP contribution >= 0.6 is 11.6 Å². The zero-order valence-corrected chi connectivity index (χ0v) is 14.5. The van der Waals surface area contributed by atoms with Gasteiger partial charge >= 0.3 is 0 Å². The monoisotopic (exact) mass is 348 g/mol. The van der Waals surface area contributed by atoms with Gasteiger partial charge in [0.25, 0.3) is 5.91 Å². The number of hydrogen-bond acceptors (Lipinski definition) is 5. The Bertz CT molecular complexity index is 710. The minimum absolute atomic E-state index is 0.191. The standard InChI is InChI=1S/C17H21ClN4O2/c1-12-5-6-13(14(18)9-12)17(23)19-10-16-20-15(21-24-16)11-22-7-3-2-4-8-22/h5-6,9H,2-4,7-8,10-11H2,1H3,(H,19,23). The highest BCUT2D eigenvalue weighted by Crippen LogP contribution is 2.17. The van der Waals surface area contributed by atoms with E-state index in [1.807, 2.05) is 13.0 Å². The summed E-state index contributed by atoms with van der Waals surface area (Å²) in [5.41, 5.74) is 1.45. The van der Waals surface area contributed by atoms with Crippen LogP contribution in [0.5, 0.6) is 0 Å². The number of benzene rings is 1. The van der Waals surface area contributed by atoms with Gasteiger partial charge in [0.2, 0.25) is 5.89 Å². The number of nitrogens with zero attached hydrogens (tertiary/aromatic N) is 3. The molecule has 0 atom stereocenters. The molecule has 0 aliphatic carbocycles. The zero-order chi connectivity index (χ0) is 16.9. The molecule has 3 rings (SSSR count). The lowest BCUT2D eigenvalue weighted by Gasteiger charge is -2.24. The van der Waals surface area contributed by atoms with Crippen molar-refractivity contribution in [3.63, 3.8) is 0 Å². The van der Waals surface area contributed by atoms with Gasteiger partial charge in [-0.15, -0.1) is 0 Å². The molecule has 1 amide bonds. The van der Waals surface area contributed by atoms with E-state index in [2.05, 4.69) is 20.4 Å². The number of halogens is 1. The maximum Gasteiger partial charge on any atom is 0.253 e. The van der Waals surface area contributed by atoms with Crippen LogP contribution in [0.4, 0.5) is 0 Å².